The predicted octanol–water partition coefficient (Wildman–Crippen LogP) is 2.10. The molecule has 3 heteroatoms. The first kappa shape index (κ1) is 13.9. The quantitative estimate of drug-likeness (QED) is 0.840. The van der Waals surface area contributed by atoms with Gasteiger partial charge in [-0.3, -0.25) is 0 Å². The molecule has 0 amide bonds. The first-order valence-electron chi connectivity index (χ1n) is 6.66. The Morgan fingerprint density at radius 3 is 3.00 bits per heavy atom. The molecule has 1 saturated heterocycles. The first-order valence-corrected chi connectivity index (χ1v) is 6.66. The average Bonchev–Trinajstić information content (AvgIpc) is 2.45. The van der Waals surface area contributed by atoms with E-state index >= 15 is 0 Å². The number of aryl methyl sites for hydroxylation is 1. The largest absolute Gasteiger partial charge is 0.497 e. The van der Waals surface area contributed by atoms with Crippen molar-refractivity contribution in [3.05, 3.63) is 29.3 Å². The third-order valence-corrected chi connectivity index (χ3v) is 3.68. The highest BCUT2D eigenvalue weighted by molar-refractivity contribution is 5.37. The minimum Gasteiger partial charge on any atom is -0.497 e. The van der Waals surface area contributed by atoms with E-state index in [4.69, 9.17) is 15.9 Å². The Bertz CT molecular complexity index is 464. The van der Waals surface area contributed by atoms with Gasteiger partial charge in [-0.15, -0.1) is 6.42 Å². The molecule has 1 aliphatic rings. The van der Waals surface area contributed by atoms with E-state index in [9.17, 15) is 0 Å². The Kier molecular flexibility index (Phi) is 4.84. The highest BCUT2D eigenvalue weighted by Crippen LogP contribution is 2.31. The number of methoxy groups -OCH3 is 1. The van der Waals surface area contributed by atoms with Gasteiger partial charge >= 0.3 is 0 Å². The summed E-state index contributed by atoms with van der Waals surface area (Å²) in [5.41, 5.74) is 2.59. The molecule has 1 aromatic carbocycles. The summed E-state index contributed by atoms with van der Waals surface area (Å²) in [5.74, 6) is 3.85. The second kappa shape index (κ2) is 6.60. The lowest BCUT2D eigenvalue weighted by Gasteiger charge is -2.33. The van der Waals surface area contributed by atoms with E-state index in [0.29, 0.717) is 12.5 Å². The van der Waals surface area contributed by atoms with Crippen LogP contribution in [-0.2, 0) is 4.74 Å². The van der Waals surface area contributed by atoms with Crippen LogP contribution in [0.25, 0.3) is 0 Å². The topological polar surface area (TPSA) is 30.5 Å². The third kappa shape index (κ3) is 3.28. The molecule has 1 heterocycles. The predicted molar refractivity (Wildman–Crippen MR) is 76.5 cm³/mol. The van der Waals surface area contributed by atoms with E-state index in [1.54, 1.807) is 7.11 Å². The normalized spacial score (nSPS) is 22.8. The standard InChI is InChI=1S/C16H21NO2/c1-4-9-19-16-11-17-8-7-15(16)14-6-5-13(18-3)10-12(14)2/h1,5-6,10,15-17H,7-9,11H2,2-3H3/t15?,16-/m1/s1. The summed E-state index contributed by atoms with van der Waals surface area (Å²) in [6, 6.07) is 6.24. The molecule has 2 rings (SSSR count). The Labute approximate surface area is 115 Å². The molecule has 0 aliphatic carbocycles. The molecule has 3 nitrogen and oxygen atoms in total. The zero-order valence-electron chi connectivity index (χ0n) is 11.6. The fourth-order valence-corrected chi connectivity index (χ4v) is 2.71. The molecule has 19 heavy (non-hydrogen) atoms. The van der Waals surface area contributed by atoms with Crippen LogP contribution in [0.3, 0.4) is 0 Å². The van der Waals surface area contributed by atoms with Crippen molar-refractivity contribution in [2.45, 2.75) is 25.4 Å². The summed E-state index contributed by atoms with van der Waals surface area (Å²) in [6.07, 6.45) is 6.51. The number of terminal acetylenes is 1. The number of benzene rings is 1. The number of ether oxygens (including phenoxy) is 2. The van der Waals surface area contributed by atoms with Gasteiger partial charge in [-0.2, -0.15) is 0 Å². The molecule has 0 saturated carbocycles. The second-order valence-electron chi connectivity index (χ2n) is 4.88. The smallest absolute Gasteiger partial charge is 0.119 e. The molecule has 1 unspecified atom stereocenters. The molecule has 1 fully saturated rings. The summed E-state index contributed by atoms with van der Waals surface area (Å²) in [5, 5.41) is 3.37. The maximum atomic E-state index is 5.78. The summed E-state index contributed by atoms with van der Waals surface area (Å²) in [6.45, 7) is 4.38. The van der Waals surface area contributed by atoms with Crippen LogP contribution in [0.5, 0.6) is 5.75 Å². The van der Waals surface area contributed by atoms with Gasteiger partial charge in [0.1, 0.15) is 12.4 Å². The van der Waals surface area contributed by atoms with Crippen LogP contribution in [0, 0.1) is 19.3 Å². The molecular formula is C16H21NO2. The minimum atomic E-state index is 0.150. The van der Waals surface area contributed by atoms with Gasteiger partial charge in [-0.05, 0) is 43.1 Å². The zero-order valence-corrected chi connectivity index (χ0v) is 11.6. The Hall–Kier alpha value is -1.50. The van der Waals surface area contributed by atoms with Crippen molar-refractivity contribution in [1.82, 2.24) is 5.32 Å². The lowest BCUT2D eigenvalue weighted by atomic mass is 9.85. The highest BCUT2D eigenvalue weighted by Gasteiger charge is 2.28. The van der Waals surface area contributed by atoms with E-state index < -0.39 is 0 Å². The van der Waals surface area contributed by atoms with Gasteiger partial charge in [0.15, 0.2) is 0 Å². The molecule has 102 valence electrons. The van der Waals surface area contributed by atoms with E-state index in [-0.39, 0.29) is 6.10 Å². The maximum absolute atomic E-state index is 5.78. The number of hydrogen-bond donors (Lipinski definition) is 1. The van der Waals surface area contributed by atoms with E-state index in [0.717, 1.165) is 25.3 Å². The molecule has 1 N–H and O–H groups in total. The fourth-order valence-electron chi connectivity index (χ4n) is 2.71. The van der Waals surface area contributed by atoms with Gasteiger partial charge in [0.05, 0.1) is 13.2 Å². The van der Waals surface area contributed by atoms with Gasteiger partial charge in [-0.1, -0.05) is 12.0 Å². The summed E-state index contributed by atoms with van der Waals surface area (Å²) in [7, 11) is 1.69. The van der Waals surface area contributed by atoms with Crippen LogP contribution in [-0.4, -0.2) is 32.9 Å². The summed E-state index contributed by atoms with van der Waals surface area (Å²) >= 11 is 0. The number of piperidine rings is 1. The SMILES string of the molecule is C#CCO[C@@H]1CNCCC1c1ccc(OC)cc1C. The molecule has 1 aliphatic heterocycles. The molecule has 0 aromatic heterocycles. The highest BCUT2D eigenvalue weighted by atomic mass is 16.5. The van der Waals surface area contributed by atoms with Crippen LogP contribution in [0.2, 0.25) is 0 Å². The van der Waals surface area contributed by atoms with Crippen LogP contribution >= 0.6 is 0 Å². The first-order chi connectivity index (χ1) is 9.26. The third-order valence-electron chi connectivity index (χ3n) is 3.68. The van der Waals surface area contributed by atoms with E-state index in [1.807, 2.05) is 6.07 Å². The molecular weight excluding hydrogens is 238 g/mol. The van der Waals surface area contributed by atoms with E-state index in [2.05, 4.69) is 30.3 Å². The lowest BCUT2D eigenvalue weighted by molar-refractivity contribution is 0.0420. The monoisotopic (exact) mass is 259 g/mol. The summed E-state index contributed by atoms with van der Waals surface area (Å²) in [4.78, 5) is 0. The van der Waals surface area contributed by atoms with Crippen LogP contribution in [0.4, 0.5) is 0 Å². The molecule has 0 radical (unpaired) electrons. The molecule has 1 aromatic rings. The minimum absolute atomic E-state index is 0.150. The fraction of sp³-hybridized carbons (Fsp3) is 0.500. The average molecular weight is 259 g/mol. The van der Waals surface area contributed by atoms with Gasteiger partial charge in [0.25, 0.3) is 0 Å². The van der Waals surface area contributed by atoms with Gasteiger partial charge in [0.2, 0.25) is 0 Å². The van der Waals surface area contributed by atoms with Crippen LogP contribution in [0.1, 0.15) is 23.5 Å². The lowest BCUT2D eigenvalue weighted by Crippen LogP contribution is -2.41. The van der Waals surface area contributed by atoms with Crippen molar-refractivity contribution < 1.29 is 9.47 Å². The summed E-state index contributed by atoms with van der Waals surface area (Å²) < 4.78 is 11.0. The number of nitrogens with one attached hydrogen (secondary N) is 1. The van der Waals surface area contributed by atoms with Crippen molar-refractivity contribution in [2.75, 3.05) is 26.8 Å². The molecule has 2 atom stereocenters. The van der Waals surface area contributed by atoms with Crippen molar-refractivity contribution in [3.63, 3.8) is 0 Å². The maximum Gasteiger partial charge on any atom is 0.119 e. The number of rotatable bonds is 4. The van der Waals surface area contributed by atoms with Crippen molar-refractivity contribution >= 4 is 0 Å². The van der Waals surface area contributed by atoms with Crippen molar-refractivity contribution in [3.8, 4) is 18.1 Å². The Morgan fingerprint density at radius 2 is 2.32 bits per heavy atom. The molecule has 0 bridgehead atoms. The van der Waals surface area contributed by atoms with Crippen LogP contribution < -0.4 is 10.1 Å². The van der Waals surface area contributed by atoms with Gasteiger partial charge in [-0.25, -0.2) is 0 Å². The van der Waals surface area contributed by atoms with Crippen molar-refractivity contribution in [2.24, 2.45) is 0 Å². The zero-order chi connectivity index (χ0) is 13.7. The second-order valence-corrected chi connectivity index (χ2v) is 4.88. The number of hydrogen-bond acceptors (Lipinski definition) is 3. The molecule has 0 spiro atoms. The van der Waals surface area contributed by atoms with Gasteiger partial charge < -0.3 is 14.8 Å². The van der Waals surface area contributed by atoms with E-state index in [1.165, 1.54) is 11.1 Å². The van der Waals surface area contributed by atoms with Crippen LogP contribution in [0.15, 0.2) is 18.2 Å². The van der Waals surface area contributed by atoms with Crippen molar-refractivity contribution in [1.29, 1.82) is 0 Å². The Balaban J connectivity index is 2.19. The Morgan fingerprint density at radius 1 is 1.47 bits per heavy atom. The van der Waals surface area contributed by atoms with Gasteiger partial charge in [0, 0.05) is 12.5 Å².